The van der Waals surface area contributed by atoms with Gasteiger partial charge in [-0.25, -0.2) is 13.1 Å². The van der Waals surface area contributed by atoms with E-state index in [9.17, 15) is 13.2 Å². The van der Waals surface area contributed by atoms with E-state index in [-0.39, 0.29) is 16.4 Å². The van der Waals surface area contributed by atoms with Crippen molar-refractivity contribution in [1.82, 2.24) is 4.72 Å². The maximum absolute atomic E-state index is 12.4. The van der Waals surface area contributed by atoms with Gasteiger partial charge in [0.1, 0.15) is 0 Å². The first kappa shape index (κ1) is 15.0. The topological polar surface area (TPSA) is 87.0 Å². The van der Waals surface area contributed by atoms with Gasteiger partial charge < -0.3 is 0 Å². The molecule has 1 aromatic carbocycles. The first-order valence-electron chi connectivity index (χ1n) is 7.51. The molecule has 2 aliphatic rings. The second-order valence-electron chi connectivity index (χ2n) is 6.20. The minimum absolute atomic E-state index is 0.00326. The molecule has 1 aromatic rings. The summed E-state index contributed by atoms with van der Waals surface area (Å²) in [6.45, 7) is 1.65. The van der Waals surface area contributed by atoms with Gasteiger partial charge in [0.2, 0.25) is 5.91 Å². The summed E-state index contributed by atoms with van der Waals surface area (Å²) in [7, 11) is -3.92. The number of fused-ring (bicyclic) bond motifs is 1. The lowest BCUT2D eigenvalue weighted by Gasteiger charge is -2.09. The molecule has 2 saturated carbocycles. The van der Waals surface area contributed by atoms with Gasteiger partial charge in [0.05, 0.1) is 16.5 Å². The molecule has 116 valence electrons. The molecule has 0 saturated heterocycles. The van der Waals surface area contributed by atoms with Crippen LogP contribution in [-0.2, 0) is 14.8 Å². The van der Waals surface area contributed by atoms with Gasteiger partial charge in [0.25, 0.3) is 10.0 Å². The van der Waals surface area contributed by atoms with Gasteiger partial charge in [-0.1, -0.05) is 18.9 Å². The number of carbonyl (C=O) groups excluding carboxylic acids is 1. The predicted molar refractivity (Wildman–Crippen MR) is 80.2 cm³/mol. The highest BCUT2D eigenvalue weighted by molar-refractivity contribution is 7.90. The number of sulfonamides is 1. The van der Waals surface area contributed by atoms with Crippen molar-refractivity contribution in [2.24, 2.45) is 17.8 Å². The van der Waals surface area contributed by atoms with Crippen molar-refractivity contribution < 1.29 is 13.2 Å². The van der Waals surface area contributed by atoms with Crippen LogP contribution >= 0.6 is 0 Å². The highest BCUT2D eigenvalue weighted by Crippen LogP contribution is 2.55. The summed E-state index contributed by atoms with van der Waals surface area (Å²) < 4.78 is 27.1. The van der Waals surface area contributed by atoms with Gasteiger partial charge in [-0.05, 0) is 49.3 Å². The van der Waals surface area contributed by atoms with Crippen LogP contribution in [0.1, 0.15) is 36.8 Å². The average Bonchev–Trinajstić information content (AvgIpc) is 3.21. The van der Waals surface area contributed by atoms with E-state index in [1.54, 1.807) is 19.1 Å². The summed E-state index contributed by atoms with van der Waals surface area (Å²) in [5.41, 5.74) is 0.783. The number of benzene rings is 1. The summed E-state index contributed by atoms with van der Waals surface area (Å²) in [6, 6.07) is 6.37. The smallest absolute Gasteiger partial charge is 0.264 e. The predicted octanol–water partition coefficient (Wildman–Crippen LogP) is 2.11. The fourth-order valence-corrected chi connectivity index (χ4v) is 4.88. The van der Waals surface area contributed by atoms with Crippen molar-refractivity contribution >= 4 is 15.9 Å². The van der Waals surface area contributed by atoms with Crippen LogP contribution < -0.4 is 4.72 Å². The highest BCUT2D eigenvalue weighted by atomic mass is 32.2. The van der Waals surface area contributed by atoms with E-state index in [2.05, 4.69) is 4.72 Å². The monoisotopic (exact) mass is 318 g/mol. The van der Waals surface area contributed by atoms with Crippen molar-refractivity contribution in [1.29, 1.82) is 5.26 Å². The zero-order valence-electron chi connectivity index (χ0n) is 12.4. The first-order chi connectivity index (χ1) is 10.4. The third kappa shape index (κ3) is 2.61. The lowest BCUT2D eigenvalue weighted by Crippen LogP contribution is -2.33. The third-order valence-corrected chi connectivity index (χ3v) is 6.29. The Morgan fingerprint density at radius 1 is 1.27 bits per heavy atom. The molecule has 0 radical (unpaired) electrons. The Labute approximate surface area is 130 Å². The quantitative estimate of drug-likeness (QED) is 0.924. The van der Waals surface area contributed by atoms with Crippen LogP contribution in [0.4, 0.5) is 0 Å². The molecule has 2 aliphatic carbocycles. The number of carbonyl (C=O) groups is 1. The zero-order valence-corrected chi connectivity index (χ0v) is 13.2. The van der Waals surface area contributed by atoms with Gasteiger partial charge in [-0.15, -0.1) is 0 Å². The highest BCUT2D eigenvalue weighted by Gasteiger charge is 2.55. The molecule has 0 aliphatic heterocycles. The van der Waals surface area contributed by atoms with Crippen molar-refractivity contribution in [2.45, 2.75) is 37.5 Å². The normalized spacial score (nSPS) is 26.6. The lowest BCUT2D eigenvalue weighted by molar-refractivity contribution is -0.121. The maximum Gasteiger partial charge on any atom is 0.264 e. The summed E-state index contributed by atoms with van der Waals surface area (Å²) >= 11 is 0. The van der Waals surface area contributed by atoms with E-state index in [4.69, 9.17) is 5.26 Å². The molecule has 2 fully saturated rings. The van der Waals surface area contributed by atoms with E-state index in [1.807, 2.05) is 6.07 Å². The summed E-state index contributed by atoms with van der Waals surface area (Å²) in [4.78, 5) is 12.3. The number of nitriles is 1. The van der Waals surface area contributed by atoms with Crippen molar-refractivity contribution in [3.63, 3.8) is 0 Å². The molecule has 1 amide bonds. The number of hydrogen-bond acceptors (Lipinski definition) is 4. The molecule has 0 spiro atoms. The Bertz CT molecular complexity index is 752. The van der Waals surface area contributed by atoms with Crippen molar-refractivity contribution in [3.8, 4) is 6.07 Å². The van der Waals surface area contributed by atoms with E-state index < -0.39 is 15.9 Å². The van der Waals surface area contributed by atoms with Crippen molar-refractivity contribution in [3.05, 3.63) is 29.3 Å². The standard InChI is InChI=1S/C16H18N2O3S/c1-10-6-7-11(9-17)8-14(10)22(20,21)18-16(19)15-12-4-2-3-5-13(12)15/h6-8,12-13,15H,2-5H2,1H3,(H,18,19)/t12-,13-/m1/s1. The number of nitrogens with zero attached hydrogens (tertiary/aromatic N) is 1. The van der Waals surface area contributed by atoms with E-state index in [0.29, 0.717) is 17.4 Å². The molecular weight excluding hydrogens is 300 g/mol. The second kappa shape index (κ2) is 5.40. The Balaban J connectivity index is 1.79. The zero-order chi connectivity index (χ0) is 15.9. The van der Waals surface area contributed by atoms with Gasteiger partial charge in [0, 0.05) is 5.92 Å². The SMILES string of the molecule is Cc1ccc(C#N)cc1S(=O)(=O)NC(=O)C1[C@@H]2CCCC[C@@H]12. The number of aryl methyl sites for hydroxylation is 1. The Morgan fingerprint density at radius 2 is 1.91 bits per heavy atom. The number of hydrogen-bond donors (Lipinski definition) is 1. The fourth-order valence-electron chi connectivity index (χ4n) is 3.60. The molecular formula is C16H18N2O3S. The van der Waals surface area contributed by atoms with Crippen LogP contribution in [0.2, 0.25) is 0 Å². The number of amides is 1. The van der Waals surface area contributed by atoms with Crippen LogP contribution in [0.3, 0.4) is 0 Å². The largest absolute Gasteiger partial charge is 0.274 e. The molecule has 6 heteroatoms. The van der Waals surface area contributed by atoms with E-state index >= 15 is 0 Å². The number of nitrogens with one attached hydrogen (secondary N) is 1. The molecule has 0 bridgehead atoms. The number of rotatable bonds is 3. The van der Waals surface area contributed by atoms with Crippen LogP contribution in [0.25, 0.3) is 0 Å². The van der Waals surface area contributed by atoms with E-state index in [0.717, 1.165) is 25.7 Å². The average molecular weight is 318 g/mol. The third-order valence-electron chi connectivity index (χ3n) is 4.80. The molecule has 1 N–H and O–H groups in total. The minimum atomic E-state index is -3.92. The molecule has 3 rings (SSSR count). The molecule has 5 nitrogen and oxygen atoms in total. The Hall–Kier alpha value is -1.87. The van der Waals surface area contributed by atoms with Crippen molar-refractivity contribution in [2.75, 3.05) is 0 Å². The van der Waals surface area contributed by atoms with Gasteiger partial charge >= 0.3 is 0 Å². The van der Waals surface area contributed by atoms with Crippen LogP contribution in [-0.4, -0.2) is 14.3 Å². The second-order valence-corrected chi connectivity index (χ2v) is 7.85. The summed E-state index contributed by atoms with van der Waals surface area (Å²) in [5, 5.41) is 8.91. The summed E-state index contributed by atoms with van der Waals surface area (Å²) in [5.74, 6) is 0.168. The van der Waals surface area contributed by atoms with E-state index in [1.165, 1.54) is 6.07 Å². The molecule has 0 unspecified atom stereocenters. The minimum Gasteiger partial charge on any atom is -0.274 e. The Kier molecular flexibility index (Phi) is 3.69. The van der Waals surface area contributed by atoms with Gasteiger partial charge in [-0.2, -0.15) is 5.26 Å². The molecule has 0 aromatic heterocycles. The Morgan fingerprint density at radius 3 is 2.50 bits per heavy atom. The maximum atomic E-state index is 12.4. The fraction of sp³-hybridized carbons (Fsp3) is 0.500. The molecule has 22 heavy (non-hydrogen) atoms. The lowest BCUT2D eigenvalue weighted by atomic mass is 10.0. The van der Waals surface area contributed by atoms with Crippen LogP contribution in [0.5, 0.6) is 0 Å². The first-order valence-corrected chi connectivity index (χ1v) is 9.00. The molecule has 2 atom stereocenters. The van der Waals surface area contributed by atoms with Crippen LogP contribution in [0.15, 0.2) is 23.1 Å². The van der Waals surface area contributed by atoms with Crippen LogP contribution in [0, 0.1) is 36.0 Å². The van der Waals surface area contributed by atoms with Gasteiger partial charge in [-0.3, -0.25) is 4.79 Å². The molecule has 0 heterocycles. The summed E-state index contributed by atoms with van der Waals surface area (Å²) in [6.07, 6.45) is 4.29. The van der Waals surface area contributed by atoms with Gasteiger partial charge in [0.15, 0.2) is 0 Å².